The van der Waals surface area contributed by atoms with Crippen LogP contribution >= 0.6 is 0 Å². The molecule has 2 heterocycles. The zero-order valence-corrected chi connectivity index (χ0v) is 21.9. The van der Waals surface area contributed by atoms with Crippen molar-refractivity contribution in [2.24, 2.45) is 11.1 Å². The van der Waals surface area contributed by atoms with E-state index in [4.69, 9.17) is 21.1 Å². The molecule has 3 fully saturated rings. The quantitative estimate of drug-likeness (QED) is 0.182. The van der Waals surface area contributed by atoms with E-state index in [1.165, 1.54) is 12.0 Å². The normalized spacial score (nSPS) is 26.7. The number of urea groups is 1. The molecule has 4 N–H and O–H groups in total. The van der Waals surface area contributed by atoms with Gasteiger partial charge >= 0.3 is 11.7 Å². The Labute approximate surface area is 219 Å². The van der Waals surface area contributed by atoms with Gasteiger partial charge in [0.2, 0.25) is 5.88 Å². The highest BCUT2D eigenvalue weighted by Gasteiger charge is 2.68. The van der Waals surface area contributed by atoms with E-state index >= 15 is 0 Å². The van der Waals surface area contributed by atoms with Crippen LogP contribution in [0.5, 0.6) is 5.88 Å². The van der Waals surface area contributed by atoms with Crippen LogP contribution in [0.25, 0.3) is 0 Å². The molecular weight excluding hydrogens is 494 g/mol. The van der Waals surface area contributed by atoms with Crippen LogP contribution in [0.15, 0.2) is 9.59 Å². The Bertz CT molecular complexity index is 1290. The van der Waals surface area contributed by atoms with Crippen LogP contribution in [0.3, 0.4) is 0 Å². The first-order chi connectivity index (χ1) is 18.1. The first-order valence-corrected chi connectivity index (χ1v) is 13.0. The molecule has 1 aliphatic heterocycles. The molecule has 0 atom stereocenters. The Morgan fingerprint density at radius 2 is 1.87 bits per heavy atom. The number of nitrogens with zero attached hydrogens (tertiary/aromatic N) is 5. The fourth-order valence-electron chi connectivity index (χ4n) is 6.58. The molecule has 0 unspecified atom stereocenters. The summed E-state index contributed by atoms with van der Waals surface area (Å²) in [5.41, 5.74) is 2.62. The van der Waals surface area contributed by atoms with Gasteiger partial charge in [-0.15, -0.1) is 0 Å². The van der Waals surface area contributed by atoms with Crippen LogP contribution in [-0.2, 0) is 16.1 Å². The van der Waals surface area contributed by atoms with E-state index in [2.05, 4.69) is 0 Å². The van der Waals surface area contributed by atoms with E-state index in [0.29, 0.717) is 44.9 Å². The van der Waals surface area contributed by atoms with Gasteiger partial charge in [-0.3, -0.25) is 24.1 Å². The lowest BCUT2D eigenvalue weighted by Crippen LogP contribution is -2.64. The molecule has 1 saturated heterocycles. The number of unbranched alkanes of at least 4 members (excludes halogenated alkanes) is 1. The largest absolute Gasteiger partial charge is 0.494 e. The van der Waals surface area contributed by atoms with Crippen molar-refractivity contribution in [1.82, 2.24) is 18.9 Å². The lowest BCUT2D eigenvalue weighted by molar-refractivity contribution is -0.150. The summed E-state index contributed by atoms with van der Waals surface area (Å²) in [6.45, 7) is 2.35. The molecule has 1 aromatic rings. The monoisotopic (exact) mass is 529 g/mol. The number of carbonyl (C=O) groups is 2. The minimum absolute atomic E-state index is 0.202. The second-order valence-corrected chi connectivity index (χ2v) is 10.7. The number of nitrogens with one attached hydrogen (secondary N) is 1. The van der Waals surface area contributed by atoms with Gasteiger partial charge in [-0.05, 0) is 50.4 Å². The molecular formula is C25H35N7O6. The third-order valence-electron chi connectivity index (χ3n) is 8.44. The standard InChI is InChI=1S/C25H35N7O6/c1-3-4-10-29-19(33)17(18(27)28)20(34)32(23(29)37)16-5-7-24(8-6-16)14-25(15-24)21(35)30(11-9-26)22(36)31(25)12-13-38-2/h16,33H,3-8,10-15H2,1-2H3,(H3,27,28). The molecule has 3 amide bonds. The predicted octanol–water partition coefficient (Wildman–Crippen LogP) is 0.868. The number of aromatic hydroxyl groups is 1. The van der Waals surface area contributed by atoms with Gasteiger partial charge in [0.05, 0.1) is 12.7 Å². The molecule has 206 valence electrons. The van der Waals surface area contributed by atoms with E-state index in [1.54, 1.807) is 0 Å². The molecule has 1 aromatic heterocycles. The molecule has 0 radical (unpaired) electrons. The number of hydrogen-bond acceptors (Lipinski definition) is 8. The number of amidine groups is 1. The molecule has 13 heteroatoms. The third kappa shape index (κ3) is 4.16. The van der Waals surface area contributed by atoms with Crippen molar-refractivity contribution in [3.05, 3.63) is 26.4 Å². The van der Waals surface area contributed by atoms with E-state index < -0.39 is 40.6 Å². The second-order valence-electron chi connectivity index (χ2n) is 10.7. The molecule has 4 rings (SSSR count). The molecule has 38 heavy (non-hydrogen) atoms. The highest BCUT2D eigenvalue weighted by molar-refractivity contribution is 6.08. The lowest BCUT2D eigenvalue weighted by atomic mass is 9.51. The van der Waals surface area contributed by atoms with Crippen LogP contribution in [-0.4, -0.2) is 74.2 Å². The number of nitrogen functional groups attached to an aromatic ring is 1. The maximum atomic E-state index is 13.3. The Kier molecular flexibility index (Phi) is 7.38. The summed E-state index contributed by atoms with van der Waals surface area (Å²) < 4.78 is 7.38. The molecule has 2 spiro atoms. The van der Waals surface area contributed by atoms with Crippen LogP contribution in [0.4, 0.5) is 4.79 Å². The summed E-state index contributed by atoms with van der Waals surface area (Å²) in [6.07, 6.45) is 4.52. The summed E-state index contributed by atoms with van der Waals surface area (Å²) in [6, 6.07) is 0.978. The summed E-state index contributed by atoms with van der Waals surface area (Å²) in [5, 5.41) is 27.5. The Balaban J connectivity index is 1.58. The summed E-state index contributed by atoms with van der Waals surface area (Å²) in [4.78, 5) is 55.2. The molecule has 13 nitrogen and oxygen atoms in total. The van der Waals surface area contributed by atoms with Crippen molar-refractivity contribution >= 4 is 17.8 Å². The van der Waals surface area contributed by atoms with Crippen LogP contribution in [0.2, 0.25) is 0 Å². The van der Waals surface area contributed by atoms with Gasteiger partial charge in [0.25, 0.3) is 11.5 Å². The van der Waals surface area contributed by atoms with E-state index in [0.717, 1.165) is 20.5 Å². The van der Waals surface area contributed by atoms with Gasteiger partial charge in [0.15, 0.2) is 0 Å². The Hall–Kier alpha value is -3.66. The van der Waals surface area contributed by atoms with Gasteiger partial charge in [0.1, 0.15) is 23.5 Å². The van der Waals surface area contributed by atoms with Crippen molar-refractivity contribution in [3.8, 4) is 11.9 Å². The first-order valence-electron chi connectivity index (χ1n) is 13.0. The minimum Gasteiger partial charge on any atom is -0.494 e. The number of methoxy groups -OCH3 is 1. The SMILES string of the molecule is CCCCn1c(O)c(C(=N)N)c(=O)n(C2CCC3(CC2)CC2(C3)C(=O)N(CC#N)C(=O)N2CCOC)c1=O. The molecule has 0 aromatic carbocycles. The van der Waals surface area contributed by atoms with Crippen molar-refractivity contribution in [3.63, 3.8) is 0 Å². The number of hydrogen-bond donors (Lipinski definition) is 3. The van der Waals surface area contributed by atoms with Crippen molar-refractivity contribution < 1.29 is 19.4 Å². The maximum Gasteiger partial charge on any atom is 0.334 e. The van der Waals surface area contributed by atoms with Gasteiger partial charge in [-0.1, -0.05) is 13.3 Å². The highest BCUT2D eigenvalue weighted by Crippen LogP contribution is 2.62. The number of nitrogens with two attached hydrogens (primary N) is 1. The number of ether oxygens (including phenoxy) is 1. The molecule has 2 aliphatic carbocycles. The van der Waals surface area contributed by atoms with Crippen molar-refractivity contribution in [1.29, 1.82) is 10.7 Å². The topological polar surface area (TPSA) is 188 Å². The van der Waals surface area contributed by atoms with Gasteiger partial charge < -0.3 is 20.5 Å². The summed E-state index contributed by atoms with van der Waals surface area (Å²) in [7, 11) is 1.52. The second kappa shape index (κ2) is 10.2. The fourth-order valence-corrected chi connectivity index (χ4v) is 6.58. The number of imide groups is 1. The number of rotatable bonds is 9. The smallest absolute Gasteiger partial charge is 0.334 e. The minimum atomic E-state index is -0.997. The number of amides is 3. The van der Waals surface area contributed by atoms with E-state index in [9.17, 15) is 24.3 Å². The average molecular weight is 530 g/mol. The number of aromatic nitrogens is 2. The van der Waals surface area contributed by atoms with Gasteiger partial charge in [-0.2, -0.15) is 5.26 Å². The highest BCUT2D eigenvalue weighted by atomic mass is 16.5. The Morgan fingerprint density at radius 3 is 2.42 bits per heavy atom. The van der Waals surface area contributed by atoms with Gasteiger partial charge in [-0.25, -0.2) is 14.5 Å². The summed E-state index contributed by atoms with van der Waals surface area (Å²) >= 11 is 0. The molecule has 0 bridgehead atoms. The lowest BCUT2D eigenvalue weighted by Gasteiger charge is -2.58. The number of nitriles is 1. The van der Waals surface area contributed by atoms with Crippen molar-refractivity contribution in [2.45, 2.75) is 76.4 Å². The first kappa shape index (κ1) is 27.4. The Morgan fingerprint density at radius 1 is 1.21 bits per heavy atom. The zero-order chi connectivity index (χ0) is 27.8. The molecule has 3 aliphatic rings. The fraction of sp³-hybridized carbons (Fsp3) is 0.680. The summed E-state index contributed by atoms with van der Waals surface area (Å²) in [5.74, 6) is -1.53. The zero-order valence-electron chi connectivity index (χ0n) is 21.9. The predicted molar refractivity (Wildman–Crippen MR) is 136 cm³/mol. The third-order valence-corrected chi connectivity index (χ3v) is 8.44. The van der Waals surface area contributed by atoms with Crippen LogP contribution < -0.4 is 17.0 Å². The van der Waals surface area contributed by atoms with Crippen LogP contribution in [0, 0.1) is 22.2 Å². The number of carbonyl (C=O) groups excluding carboxylic acids is 2. The van der Waals surface area contributed by atoms with E-state index in [-0.39, 0.29) is 43.1 Å². The molecule has 2 saturated carbocycles. The van der Waals surface area contributed by atoms with E-state index in [1.807, 2.05) is 13.0 Å². The van der Waals surface area contributed by atoms with Crippen molar-refractivity contribution in [2.75, 3.05) is 26.8 Å². The van der Waals surface area contributed by atoms with Crippen LogP contribution in [0.1, 0.15) is 69.9 Å². The average Bonchev–Trinajstić information content (AvgIpc) is 3.04. The van der Waals surface area contributed by atoms with Gasteiger partial charge in [0, 0.05) is 26.2 Å². The maximum absolute atomic E-state index is 13.3.